The van der Waals surface area contributed by atoms with Gasteiger partial charge in [0, 0.05) is 57.6 Å². The number of anilines is 2. The fourth-order valence-corrected chi connectivity index (χ4v) is 3.25. The number of hydrogen-bond donors (Lipinski definition) is 2. The highest BCUT2D eigenvalue weighted by Gasteiger charge is 2.23. The zero-order valence-corrected chi connectivity index (χ0v) is 19.2. The second-order valence-corrected chi connectivity index (χ2v) is 7.80. The summed E-state index contributed by atoms with van der Waals surface area (Å²) in [6, 6.07) is 5.62. The Hall–Kier alpha value is -2.28. The molecule has 0 unspecified atom stereocenters. The van der Waals surface area contributed by atoms with Crippen LogP contribution in [0.3, 0.4) is 0 Å². The highest BCUT2D eigenvalue weighted by molar-refractivity contribution is 5.89. The molecule has 2 N–H and O–H groups in total. The summed E-state index contributed by atoms with van der Waals surface area (Å²) in [7, 11) is 8.01. The number of carbonyl (C=O) groups is 2. The first-order valence-corrected chi connectivity index (χ1v) is 10.5. The SMILES string of the molecule is CCNC(=O)Nc1ccc(N(C)C)c(CN(CCN(C)C)C(=O)C(CC)CC)c1. The Bertz CT molecular complexity index is 657. The molecule has 29 heavy (non-hydrogen) atoms. The van der Waals surface area contributed by atoms with Crippen LogP contribution in [0.2, 0.25) is 0 Å². The van der Waals surface area contributed by atoms with Crippen molar-refractivity contribution in [3.63, 3.8) is 0 Å². The minimum atomic E-state index is -0.228. The van der Waals surface area contributed by atoms with Crippen LogP contribution in [-0.4, -0.2) is 69.6 Å². The number of nitrogens with one attached hydrogen (secondary N) is 2. The van der Waals surface area contributed by atoms with Gasteiger partial charge in [-0.2, -0.15) is 0 Å². The van der Waals surface area contributed by atoms with Crippen molar-refractivity contribution in [2.75, 3.05) is 58.0 Å². The third-order valence-electron chi connectivity index (χ3n) is 4.98. The maximum absolute atomic E-state index is 13.2. The van der Waals surface area contributed by atoms with Gasteiger partial charge in [0.25, 0.3) is 0 Å². The molecule has 1 rings (SSSR count). The molecular formula is C22H39N5O2. The standard InChI is InChI=1S/C22H39N5O2/c1-8-17(9-2)21(28)27(14-13-25(4)5)16-18-15-19(24-22(29)23-10-3)11-12-20(18)26(6)7/h11-12,15,17H,8-10,13-14,16H2,1-7H3,(H2,23,24,29). The van der Waals surface area contributed by atoms with Crippen molar-refractivity contribution >= 4 is 23.3 Å². The van der Waals surface area contributed by atoms with Gasteiger partial charge in [-0.25, -0.2) is 4.79 Å². The smallest absolute Gasteiger partial charge is 0.319 e. The van der Waals surface area contributed by atoms with Gasteiger partial charge in [-0.1, -0.05) is 13.8 Å². The molecule has 0 aliphatic carbocycles. The van der Waals surface area contributed by atoms with Gasteiger partial charge in [-0.05, 0) is 57.6 Å². The van der Waals surface area contributed by atoms with Crippen LogP contribution in [0.4, 0.5) is 16.2 Å². The topological polar surface area (TPSA) is 67.9 Å². The third kappa shape index (κ3) is 7.93. The van der Waals surface area contributed by atoms with Crippen LogP contribution in [0.1, 0.15) is 39.2 Å². The van der Waals surface area contributed by atoms with Gasteiger partial charge in [0.05, 0.1) is 0 Å². The van der Waals surface area contributed by atoms with Crippen LogP contribution in [0, 0.1) is 5.92 Å². The number of benzene rings is 1. The molecule has 0 spiro atoms. The summed E-state index contributed by atoms with van der Waals surface area (Å²) in [5.41, 5.74) is 2.78. The fraction of sp³-hybridized carbons (Fsp3) is 0.636. The van der Waals surface area contributed by atoms with Gasteiger partial charge in [-0.15, -0.1) is 0 Å². The maximum Gasteiger partial charge on any atom is 0.319 e. The number of carbonyl (C=O) groups excluding carboxylic acids is 2. The lowest BCUT2D eigenvalue weighted by atomic mass is 10.0. The first-order valence-electron chi connectivity index (χ1n) is 10.5. The van der Waals surface area contributed by atoms with E-state index in [1.165, 1.54) is 0 Å². The lowest BCUT2D eigenvalue weighted by Gasteiger charge is -2.30. The zero-order chi connectivity index (χ0) is 22.0. The highest BCUT2D eigenvalue weighted by Crippen LogP contribution is 2.25. The van der Waals surface area contributed by atoms with E-state index in [1.54, 1.807) is 0 Å². The van der Waals surface area contributed by atoms with E-state index in [0.29, 0.717) is 19.6 Å². The Morgan fingerprint density at radius 2 is 1.66 bits per heavy atom. The summed E-state index contributed by atoms with van der Waals surface area (Å²) in [4.78, 5) is 31.2. The minimum absolute atomic E-state index is 0.0385. The van der Waals surface area contributed by atoms with Crippen molar-refractivity contribution in [3.8, 4) is 0 Å². The quantitative estimate of drug-likeness (QED) is 0.593. The van der Waals surface area contributed by atoms with Crippen LogP contribution in [0.25, 0.3) is 0 Å². The third-order valence-corrected chi connectivity index (χ3v) is 4.98. The van der Waals surface area contributed by atoms with E-state index >= 15 is 0 Å². The van der Waals surface area contributed by atoms with Crippen LogP contribution < -0.4 is 15.5 Å². The summed E-state index contributed by atoms with van der Waals surface area (Å²) >= 11 is 0. The second-order valence-electron chi connectivity index (χ2n) is 7.80. The number of amides is 3. The number of rotatable bonds is 11. The minimum Gasteiger partial charge on any atom is -0.377 e. The number of hydrogen-bond acceptors (Lipinski definition) is 4. The molecule has 7 heteroatoms. The highest BCUT2D eigenvalue weighted by atomic mass is 16.2. The van der Waals surface area contributed by atoms with Crippen molar-refractivity contribution in [1.82, 2.24) is 15.1 Å². The molecule has 0 fully saturated rings. The summed E-state index contributed by atoms with van der Waals surface area (Å²) in [5, 5.41) is 5.61. The van der Waals surface area contributed by atoms with Crippen molar-refractivity contribution in [3.05, 3.63) is 23.8 Å². The first kappa shape index (κ1) is 24.8. The Labute approximate surface area is 176 Å². The van der Waals surface area contributed by atoms with Crippen molar-refractivity contribution < 1.29 is 9.59 Å². The van der Waals surface area contributed by atoms with Gasteiger partial charge in [0.2, 0.25) is 5.91 Å². The van der Waals surface area contributed by atoms with Crippen LogP contribution in [0.15, 0.2) is 18.2 Å². The molecule has 0 aliphatic heterocycles. The Morgan fingerprint density at radius 3 is 2.17 bits per heavy atom. The summed E-state index contributed by atoms with van der Waals surface area (Å²) in [5.74, 6) is 0.236. The molecule has 0 aromatic heterocycles. The average molecular weight is 406 g/mol. The van der Waals surface area contributed by atoms with Gasteiger partial charge >= 0.3 is 6.03 Å². The van der Waals surface area contributed by atoms with E-state index in [1.807, 2.05) is 63.1 Å². The van der Waals surface area contributed by atoms with Crippen LogP contribution in [0.5, 0.6) is 0 Å². The predicted octanol–water partition coefficient (Wildman–Crippen LogP) is 3.22. The molecule has 0 radical (unpaired) electrons. The largest absolute Gasteiger partial charge is 0.377 e. The maximum atomic E-state index is 13.2. The average Bonchev–Trinajstić information content (AvgIpc) is 2.65. The van der Waals surface area contributed by atoms with Gasteiger partial charge < -0.3 is 25.3 Å². The first-order chi connectivity index (χ1) is 13.7. The van der Waals surface area contributed by atoms with Crippen LogP contribution in [-0.2, 0) is 11.3 Å². The molecule has 164 valence electrons. The van der Waals surface area contributed by atoms with E-state index in [9.17, 15) is 9.59 Å². The molecule has 1 aromatic carbocycles. The van der Waals surface area contributed by atoms with E-state index < -0.39 is 0 Å². The van der Waals surface area contributed by atoms with E-state index in [0.717, 1.165) is 36.3 Å². The molecule has 0 saturated heterocycles. The van der Waals surface area contributed by atoms with E-state index in [4.69, 9.17) is 0 Å². The summed E-state index contributed by atoms with van der Waals surface area (Å²) in [6.45, 7) is 8.57. The fourth-order valence-electron chi connectivity index (χ4n) is 3.25. The molecule has 1 aromatic rings. The summed E-state index contributed by atoms with van der Waals surface area (Å²) < 4.78 is 0. The van der Waals surface area contributed by atoms with Gasteiger partial charge in [-0.3, -0.25) is 4.79 Å². The normalized spacial score (nSPS) is 10.9. The van der Waals surface area contributed by atoms with Crippen molar-refractivity contribution in [2.24, 2.45) is 5.92 Å². The van der Waals surface area contributed by atoms with Gasteiger partial charge in [0.1, 0.15) is 0 Å². The molecule has 7 nitrogen and oxygen atoms in total. The van der Waals surface area contributed by atoms with Crippen molar-refractivity contribution in [2.45, 2.75) is 40.2 Å². The second kappa shape index (κ2) is 12.3. The number of nitrogens with zero attached hydrogens (tertiary/aromatic N) is 3. The molecule has 0 aliphatic rings. The predicted molar refractivity (Wildman–Crippen MR) is 122 cm³/mol. The van der Waals surface area contributed by atoms with E-state index in [-0.39, 0.29) is 17.9 Å². The summed E-state index contributed by atoms with van der Waals surface area (Å²) in [6.07, 6.45) is 1.68. The molecule has 0 atom stereocenters. The molecule has 0 saturated carbocycles. The monoisotopic (exact) mass is 405 g/mol. The van der Waals surface area contributed by atoms with Crippen molar-refractivity contribution in [1.29, 1.82) is 0 Å². The van der Waals surface area contributed by atoms with Crippen LogP contribution >= 0.6 is 0 Å². The lowest BCUT2D eigenvalue weighted by Crippen LogP contribution is -2.40. The Morgan fingerprint density at radius 1 is 1.00 bits per heavy atom. The molecule has 0 bridgehead atoms. The van der Waals surface area contributed by atoms with E-state index in [2.05, 4.69) is 29.4 Å². The molecule has 3 amide bonds. The number of urea groups is 1. The number of likely N-dealkylation sites (N-methyl/N-ethyl adjacent to an activating group) is 1. The Balaban J connectivity index is 3.18. The Kier molecular flexibility index (Phi) is 10.5. The van der Waals surface area contributed by atoms with Gasteiger partial charge in [0.15, 0.2) is 0 Å². The zero-order valence-electron chi connectivity index (χ0n) is 19.2. The molecular weight excluding hydrogens is 366 g/mol. The molecule has 0 heterocycles. The lowest BCUT2D eigenvalue weighted by molar-refractivity contribution is -0.136.